The number of Topliss-reactive ketones (excluding diaryl/α,β-unsaturated/α-hetero) is 2. The molecule has 3 aliphatic rings. The van der Waals surface area contributed by atoms with E-state index >= 15 is 0 Å². The van der Waals surface area contributed by atoms with Crippen molar-refractivity contribution in [3.63, 3.8) is 0 Å². The minimum atomic E-state index is -1.32. The van der Waals surface area contributed by atoms with E-state index in [1.807, 2.05) is 74.5 Å². The number of allylic oxidation sites excluding steroid dienone is 4. The zero-order valence-corrected chi connectivity index (χ0v) is 19.6. The van der Waals surface area contributed by atoms with E-state index in [0.717, 1.165) is 22.3 Å². The first-order valence-corrected chi connectivity index (χ1v) is 11.3. The number of hydrogen-bond donors (Lipinski definition) is 0. The highest BCUT2D eigenvalue weighted by molar-refractivity contribution is 9.12. The van der Waals surface area contributed by atoms with Gasteiger partial charge in [-0.15, -0.1) is 0 Å². The van der Waals surface area contributed by atoms with Crippen LogP contribution in [0.3, 0.4) is 0 Å². The van der Waals surface area contributed by atoms with Crippen molar-refractivity contribution in [3.8, 4) is 0 Å². The van der Waals surface area contributed by atoms with E-state index in [1.165, 1.54) is 6.08 Å². The first kappa shape index (κ1) is 19.8. The second-order valence-corrected chi connectivity index (χ2v) is 10.6. The number of carbonyl (C=O) groups is 3. The summed E-state index contributed by atoms with van der Waals surface area (Å²) < 4.78 is -1.09. The zero-order valence-electron chi connectivity index (χ0n) is 16.4. The van der Waals surface area contributed by atoms with Crippen molar-refractivity contribution in [1.29, 1.82) is 0 Å². The molecule has 5 heteroatoms. The van der Waals surface area contributed by atoms with Crippen molar-refractivity contribution in [2.24, 2.45) is 16.7 Å². The van der Waals surface area contributed by atoms with E-state index in [1.54, 1.807) is 0 Å². The van der Waals surface area contributed by atoms with E-state index in [4.69, 9.17) is 0 Å². The number of alkyl halides is 1. The van der Waals surface area contributed by atoms with Gasteiger partial charge in [0.05, 0.1) is 21.2 Å². The fraction of sp³-hybridized carbons (Fsp3) is 0.240. The highest BCUT2D eigenvalue weighted by Gasteiger charge is 2.82. The molecule has 2 bridgehead atoms. The predicted octanol–water partition coefficient (Wildman–Crippen LogP) is 5.39. The number of benzene rings is 2. The molecule has 150 valence electrons. The van der Waals surface area contributed by atoms with Crippen LogP contribution in [0.1, 0.15) is 25.0 Å². The van der Waals surface area contributed by atoms with Crippen LogP contribution in [0.5, 0.6) is 0 Å². The molecule has 30 heavy (non-hydrogen) atoms. The first-order chi connectivity index (χ1) is 14.2. The summed E-state index contributed by atoms with van der Waals surface area (Å²) in [6.07, 6.45) is 1.32. The van der Waals surface area contributed by atoms with Crippen LogP contribution in [-0.4, -0.2) is 21.7 Å². The molecule has 0 saturated heterocycles. The van der Waals surface area contributed by atoms with Gasteiger partial charge < -0.3 is 0 Å². The predicted molar refractivity (Wildman–Crippen MR) is 123 cm³/mol. The van der Waals surface area contributed by atoms with E-state index < -0.39 is 21.1 Å². The van der Waals surface area contributed by atoms with E-state index in [0.29, 0.717) is 0 Å². The summed E-state index contributed by atoms with van der Waals surface area (Å²) in [5.41, 5.74) is 1.13. The summed E-state index contributed by atoms with van der Waals surface area (Å²) in [7, 11) is 0. The molecule has 4 unspecified atom stereocenters. The molecule has 0 amide bonds. The van der Waals surface area contributed by atoms with Crippen molar-refractivity contribution >= 4 is 60.4 Å². The number of carbonyl (C=O) groups excluding carboxylic acids is 3. The van der Waals surface area contributed by atoms with Crippen LogP contribution < -0.4 is 0 Å². The van der Waals surface area contributed by atoms with E-state index in [-0.39, 0.29) is 21.8 Å². The second kappa shape index (κ2) is 6.21. The van der Waals surface area contributed by atoms with Crippen LogP contribution >= 0.6 is 31.9 Å². The lowest BCUT2D eigenvalue weighted by molar-refractivity contribution is -0.130. The Balaban J connectivity index is 1.95. The average Bonchev–Trinajstić information content (AvgIpc) is 3.01. The monoisotopic (exact) mass is 524 g/mol. The molecule has 0 heterocycles. The van der Waals surface area contributed by atoms with Gasteiger partial charge in [0.1, 0.15) is 4.32 Å². The average molecular weight is 526 g/mol. The van der Waals surface area contributed by atoms with Crippen LogP contribution in [0.25, 0.3) is 11.1 Å². The van der Waals surface area contributed by atoms with E-state index in [2.05, 4.69) is 31.9 Å². The smallest absolute Gasteiger partial charge is 0.176 e. The molecule has 0 radical (unpaired) electrons. The molecule has 2 aromatic carbocycles. The Kier molecular flexibility index (Phi) is 4.10. The molecule has 5 rings (SSSR count). The molecule has 3 aliphatic carbocycles. The van der Waals surface area contributed by atoms with E-state index in [9.17, 15) is 14.4 Å². The first-order valence-electron chi connectivity index (χ1n) is 9.76. The Morgan fingerprint density at radius 2 is 1.30 bits per heavy atom. The third kappa shape index (κ3) is 2.03. The quantitative estimate of drug-likeness (QED) is 0.494. The summed E-state index contributed by atoms with van der Waals surface area (Å²) in [6, 6.07) is 19.4. The van der Waals surface area contributed by atoms with Gasteiger partial charge in [-0.1, -0.05) is 76.6 Å². The second-order valence-electron chi connectivity index (χ2n) is 8.50. The summed E-state index contributed by atoms with van der Waals surface area (Å²) in [5.74, 6) is -1.38. The summed E-state index contributed by atoms with van der Waals surface area (Å²) in [4.78, 5) is 40.9. The van der Waals surface area contributed by atoms with Crippen LogP contribution in [0.4, 0.5) is 0 Å². The Morgan fingerprint density at radius 3 is 1.83 bits per heavy atom. The molecule has 0 N–H and O–H groups in total. The molecule has 1 saturated carbocycles. The lowest BCUT2D eigenvalue weighted by Crippen LogP contribution is -2.56. The maximum Gasteiger partial charge on any atom is 0.176 e. The van der Waals surface area contributed by atoms with Crippen molar-refractivity contribution in [2.45, 2.75) is 18.2 Å². The van der Waals surface area contributed by atoms with Crippen LogP contribution in [0, 0.1) is 16.7 Å². The van der Waals surface area contributed by atoms with Crippen LogP contribution in [0.2, 0.25) is 0 Å². The molecule has 4 atom stereocenters. The Labute approximate surface area is 191 Å². The van der Waals surface area contributed by atoms with Gasteiger partial charge in [0.25, 0.3) is 0 Å². The van der Waals surface area contributed by atoms with Crippen LogP contribution in [0.15, 0.2) is 71.2 Å². The van der Waals surface area contributed by atoms with Crippen molar-refractivity contribution < 1.29 is 14.4 Å². The number of halogens is 2. The molecular formula is C25H18Br2O3. The molecule has 3 nitrogen and oxygen atoms in total. The third-order valence-electron chi connectivity index (χ3n) is 7.14. The number of hydrogen-bond acceptors (Lipinski definition) is 3. The zero-order chi connectivity index (χ0) is 21.5. The van der Waals surface area contributed by atoms with Gasteiger partial charge in [-0.3, -0.25) is 14.4 Å². The Hall–Kier alpha value is -2.11. The van der Waals surface area contributed by atoms with Crippen molar-refractivity contribution in [2.75, 3.05) is 0 Å². The SMILES string of the molecule is CC12C(=O)C(C)(C(c3ccccc3)=C1c1ccccc1)C1(Br)C(=O)C=C(Br)C(=O)C21. The topological polar surface area (TPSA) is 51.2 Å². The molecule has 0 aliphatic heterocycles. The Bertz CT molecular complexity index is 1200. The number of rotatable bonds is 2. The highest BCUT2D eigenvalue weighted by Crippen LogP contribution is 2.76. The third-order valence-corrected chi connectivity index (χ3v) is 9.40. The lowest BCUT2D eigenvalue weighted by atomic mass is 9.58. The van der Waals surface area contributed by atoms with Gasteiger partial charge >= 0.3 is 0 Å². The minimum Gasteiger partial charge on any atom is -0.298 e. The molecular weight excluding hydrogens is 508 g/mol. The summed E-state index contributed by atoms with van der Waals surface area (Å²) in [6.45, 7) is 3.65. The Morgan fingerprint density at radius 1 is 0.800 bits per heavy atom. The van der Waals surface area contributed by atoms with Gasteiger partial charge in [-0.05, 0) is 52.1 Å². The highest BCUT2D eigenvalue weighted by atomic mass is 79.9. The number of ketones is 3. The molecule has 2 aromatic rings. The van der Waals surface area contributed by atoms with Gasteiger partial charge in [0.15, 0.2) is 17.3 Å². The summed E-state index contributed by atoms with van der Waals surface area (Å²) in [5, 5.41) is 0. The largest absolute Gasteiger partial charge is 0.298 e. The number of fused-ring (bicyclic) bond motifs is 5. The summed E-state index contributed by atoms with van der Waals surface area (Å²) >= 11 is 6.96. The molecule has 1 fully saturated rings. The van der Waals surface area contributed by atoms with Crippen molar-refractivity contribution in [1.82, 2.24) is 0 Å². The van der Waals surface area contributed by atoms with Crippen molar-refractivity contribution in [3.05, 3.63) is 82.3 Å². The van der Waals surface area contributed by atoms with Crippen LogP contribution in [-0.2, 0) is 14.4 Å². The van der Waals surface area contributed by atoms with Gasteiger partial charge in [-0.2, -0.15) is 0 Å². The van der Waals surface area contributed by atoms with Gasteiger partial charge in [-0.25, -0.2) is 0 Å². The van der Waals surface area contributed by atoms with Gasteiger partial charge in [0, 0.05) is 6.08 Å². The maximum absolute atomic E-state index is 14.1. The lowest BCUT2D eigenvalue weighted by Gasteiger charge is -2.47. The minimum absolute atomic E-state index is 0.0909. The molecule has 0 spiro atoms. The normalized spacial score (nSPS) is 35.0. The molecule has 0 aromatic heterocycles. The standard InChI is InChI=1S/C25H18Br2O3/c1-23-18(14-9-5-3-6-10-14)19(15-11-7-4-8-12-15)24(2,22(23)30)25(27)17(28)13-16(26)20(29)21(23)25/h3-13,21H,1-2H3. The fourth-order valence-electron chi connectivity index (χ4n) is 5.91. The fourth-order valence-corrected chi connectivity index (χ4v) is 7.51. The maximum atomic E-state index is 14.1. The van der Waals surface area contributed by atoms with Gasteiger partial charge in [0.2, 0.25) is 0 Å².